The molecule has 0 spiro atoms. The quantitative estimate of drug-likeness (QED) is 0.904. The van der Waals surface area contributed by atoms with Gasteiger partial charge in [0.25, 0.3) is 0 Å². The predicted octanol–water partition coefficient (Wildman–Crippen LogP) is 3.62. The van der Waals surface area contributed by atoms with Crippen molar-refractivity contribution < 1.29 is 0 Å². The molecular formula is C15H26N2S. The summed E-state index contributed by atoms with van der Waals surface area (Å²) in [5.74, 6) is 1.58. The van der Waals surface area contributed by atoms with Crippen LogP contribution in [0.2, 0.25) is 0 Å². The van der Waals surface area contributed by atoms with E-state index in [0.717, 1.165) is 11.8 Å². The Hall–Kier alpha value is -0.410. The van der Waals surface area contributed by atoms with Crippen molar-refractivity contribution in [1.82, 2.24) is 10.3 Å². The summed E-state index contributed by atoms with van der Waals surface area (Å²) in [5, 5.41) is 7.01. The maximum Gasteiger partial charge on any atom is 0.0931 e. The van der Waals surface area contributed by atoms with Gasteiger partial charge in [-0.2, -0.15) is 0 Å². The Bertz CT molecular complexity index is 391. The Kier molecular flexibility index (Phi) is 4.12. The normalized spacial score (nSPS) is 28.8. The van der Waals surface area contributed by atoms with Crippen LogP contribution in [0.5, 0.6) is 0 Å². The van der Waals surface area contributed by atoms with Gasteiger partial charge < -0.3 is 5.32 Å². The summed E-state index contributed by atoms with van der Waals surface area (Å²) < 4.78 is 0. The highest BCUT2D eigenvalue weighted by atomic mass is 32.1. The predicted molar refractivity (Wildman–Crippen MR) is 79.3 cm³/mol. The number of hydrogen-bond donors (Lipinski definition) is 1. The zero-order valence-electron chi connectivity index (χ0n) is 12.3. The van der Waals surface area contributed by atoms with E-state index in [1.54, 1.807) is 0 Å². The van der Waals surface area contributed by atoms with E-state index < -0.39 is 0 Å². The van der Waals surface area contributed by atoms with Crippen molar-refractivity contribution in [2.75, 3.05) is 7.05 Å². The fourth-order valence-electron chi connectivity index (χ4n) is 2.92. The molecule has 102 valence electrons. The number of rotatable bonds is 3. The number of nitrogens with zero attached hydrogens (tertiary/aromatic N) is 1. The van der Waals surface area contributed by atoms with Gasteiger partial charge in [-0.25, -0.2) is 4.98 Å². The summed E-state index contributed by atoms with van der Waals surface area (Å²) >= 11 is 1.84. The minimum atomic E-state index is 0.184. The topological polar surface area (TPSA) is 24.9 Å². The molecule has 1 N–H and O–H groups in total. The molecule has 1 aliphatic rings. The molecule has 0 aliphatic heterocycles. The molecule has 0 bridgehead atoms. The van der Waals surface area contributed by atoms with E-state index in [1.165, 1.54) is 30.0 Å². The Morgan fingerprint density at radius 2 is 2.11 bits per heavy atom. The monoisotopic (exact) mass is 266 g/mol. The lowest BCUT2D eigenvalue weighted by Gasteiger charge is -2.19. The average molecular weight is 266 g/mol. The van der Waals surface area contributed by atoms with E-state index in [1.807, 2.05) is 11.3 Å². The smallest absolute Gasteiger partial charge is 0.0931 e. The third kappa shape index (κ3) is 2.94. The first-order chi connectivity index (χ1) is 8.41. The fourth-order valence-corrected chi connectivity index (χ4v) is 4.03. The summed E-state index contributed by atoms with van der Waals surface area (Å²) in [5.41, 5.74) is 1.43. The molecule has 0 amide bonds. The van der Waals surface area contributed by atoms with Gasteiger partial charge in [-0.05, 0) is 31.7 Å². The zero-order chi connectivity index (χ0) is 13.3. The van der Waals surface area contributed by atoms with Crippen molar-refractivity contribution in [2.24, 2.45) is 11.8 Å². The number of thiazole rings is 1. The highest BCUT2D eigenvalue weighted by Gasteiger charge is 2.32. The van der Waals surface area contributed by atoms with E-state index in [0.29, 0.717) is 6.04 Å². The van der Waals surface area contributed by atoms with Gasteiger partial charge in [-0.1, -0.05) is 27.7 Å². The first-order valence-corrected chi connectivity index (χ1v) is 7.92. The van der Waals surface area contributed by atoms with E-state index in [2.05, 4.69) is 45.4 Å². The lowest BCUT2D eigenvalue weighted by atomic mass is 9.92. The van der Waals surface area contributed by atoms with Crippen LogP contribution in [-0.4, -0.2) is 18.1 Å². The molecule has 3 heteroatoms. The fraction of sp³-hybridized carbons (Fsp3) is 0.800. The molecule has 1 saturated carbocycles. The molecule has 1 aromatic rings. The second kappa shape index (κ2) is 5.30. The number of aromatic nitrogens is 1. The van der Waals surface area contributed by atoms with Crippen LogP contribution in [0, 0.1) is 11.8 Å². The minimum absolute atomic E-state index is 0.184. The maximum atomic E-state index is 4.83. The molecule has 3 atom stereocenters. The van der Waals surface area contributed by atoms with Crippen LogP contribution in [0.4, 0.5) is 0 Å². The summed E-state index contributed by atoms with van der Waals surface area (Å²) in [6.07, 6.45) is 3.83. The van der Waals surface area contributed by atoms with Crippen molar-refractivity contribution in [3.05, 3.63) is 16.1 Å². The van der Waals surface area contributed by atoms with Gasteiger partial charge >= 0.3 is 0 Å². The van der Waals surface area contributed by atoms with Gasteiger partial charge in [-0.15, -0.1) is 11.3 Å². The molecule has 0 saturated heterocycles. The molecule has 18 heavy (non-hydrogen) atoms. The summed E-state index contributed by atoms with van der Waals surface area (Å²) in [7, 11) is 2.09. The van der Waals surface area contributed by atoms with Gasteiger partial charge in [0.15, 0.2) is 0 Å². The molecule has 1 fully saturated rings. The van der Waals surface area contributed by atoms with Crippen LogP contribution in [0.3, 0.4) is 0 Å². The maximum absolute atomic E-state index is 4.83. The molecule has 1 aliphatic carbocycles. The SMILES string of the molecule is CNC1CCC(Cc2nc(C(C)(C)C)cs2)C1C. The van der Waals surface area contributed by atoms with Gasteiger partial charge in [0.2, 0.25) is 0 Å². The van der Waals surface area contributed by atoms with Gasteiger partial charge in [0.1, 0.15) is 0 Å². The Morgan fingerprint density at radius 3 is 2.61 bits per heavy atom. The highest BCUT2D eigenvalue weighted by Crippen LogP contribution is 2.35. The molecule has 2 nitrogen and oxygen atoms in total. The summed E-state index contributed by atoms with van der Waals surface area (Å²) in [6.45, 7) is 9.10. The third-order valence-electron chi connectivity index (χ3n) is 4.35. The van der Waals surface area contributed by atoms with Crippen molar-refractivity contribution >= 4 is 11.3 Å². The molecule has 1 heterocycles. The van der Waals surface area contributed by atoms with Crippen LogP contribution in [0.25, 0.3) is 0 Å². The number of nitrogens with one attached hydrogen (secondary N) is 1. The molecule has 3 unspecified atom stereocenters. The second-order valence-electron chi connectivity index (χ2n) is 6.67. The molecule has 2 rings (SSSR count). The summed E-state index contributed by atoms with van der Waals surface area (Å²) in [4.78, 5) is 4.83. The van der Waals surface area contributed by atoms with Gasteiger partial charge in [0, 0.05) is 23.3 Å². The third-order valence-corrected chi connectivity index (χ3v) is 5.23. The van der Waals surface area contributed by atoms with Crippen molar-refractivity contribution in [3.63, 3.8) is 0 Å². The van der Waals surface area contributed by atoms with Crippen molar-refractivity contribution in [2.45, 2.75) is 58.4 Å². The zero-order valence-corrected chi connectivity index (χ0v) is 13.1. The summed E-state index contributed by atoms with van der Waals surface area (Å²) in [6, 6.07) is 0.706. The lowest BCUT2D eigenvalue weighted by molar-refractivity contribution is 0.363. The highest BCUT2D eigenvalue weighted by molar-refractivity contribution is 7.09. The minimum Gasteiger partial charge on any atom is -0.317 e. The van der Waals surface area contributed by atoms with Gasteiger partial charge in [0.05, 0.1) is 10.7 Å². The Balaban J connectivity index is 2.00. The van der Waals surface area contributed by atoms with E-state index >= 15 is 0 Å². The van der Waals surface area contributed by atoms with Crippen LogP contribution in [0.1, 0.15) is 51.2 Å². The second-order valence-corrected chi connectivity index (χ2v) is 7.61. The molecule has 0 radical (unpaired) electrons. The van der Waals surface area contributed by atoms with Crippen LogP contribution >= 0.6 is 11.3 Å². The van der Waals surface area contributed by atoms with Crippen LogP contribution in [-0.2, 0) is 11.8 Å². The van der Waals surface area contributed by atoms with Crippen molar-refractivity contribution in [3.8, 4) is 0 Å². The standard InChI is InChI=1S/C15H26N2S/c1-10-11(6-7-12(10)16-5)8-14-17-13(9-18-14)15(2,3)4/h9-12,16H,6-8H2,1-5H3. The Morgan fingerprint density at radius 1 is 1.39 bits per heavy atom. The Labute approximate surface area is 115 Å². The van der Waals surface area contributed by atoms with E-state index in [-0.39, 0.29) is 5.41 Å². The number of hydrogen-bond acceptors (Lipinski definition) is 3. The average Bonchev–Trinajstić information content (AvgIpc) is 2.87. The molecule has 0 aromatic carbocycles. The van der Waals surface area contributed by atoms with Crippen LogP contribution in [0.15, 0.2) is 5.38 Å². The largest absolute Gasteiger partial charge is 0.317 e. The molecule has 1 aromatic heterocycles. The van der Waals surface area contributed by atoms with E-state index in [9.17, 15) is 0 Å². The first-order valence-electron chi connectivity index (χ1n) is 7.04. The first kappa shape index (κ1) is 14.0. The van der Waals surface area contributed by atoms with Gasteiger partial charge in [-0.3, -0.25) is 0 Å². The van der Waals surface area contributed by atoms with Crippen molar-refractivity contribution in [1.29, 1.82) is 0 Å². The van der Waals surface area contributed by atoms with Crippen LogP contribution < -0.4 is 5.32 Å². The molecular weight excluding hydrogens is 240 g/mol. The van der Waals surface area contributed by atoms with E-state index in [4.69, 9.17) is 4.98 Å². The lowest BCUT2D eigenvalue weighted by Crippen LogP contribution is -2.29.